The van der Waals surface area contributed by atoms with Gasteiger partial charge in [0.25, 0.3) is 0 Å². The first kappa shape index (κ1) is 13.9. The van der Waals surface area contributed by atoms with E-state index in [4.69, 9.17) is 4.74 Å². The van der Waals surface area contributed by atoms with Crippen LogP contribution in [0.5, 0.6) is 0 Å². The van der Waals surface area contributed by atoms with Gasteiger partial charge in [-0.05, 0) is 19.9 Å². The molecule has 0 aliphatic carbocycles. The maximum Gasteiger partial charge on any atom is 0.0826 e. The summed E-state index contributed by atoms with van der Waals surface area (Å²) in [6.45, 7) is 8.50. The fourth-order valence-corrected chi connectivity index (χ4v) is 2.38. The Hall–Kier alpha value is -0.120. The maximum atomic E-state index is 5.74. The second-order valence-electron chi connectivity index (χ2n) is 4.84. The Morgan fingerprint density at radius 1 is 1.44 bits per heavy atom. The Kier molecular flexibility index (Phi) is 7.01. The van der Waals surface area contributed by atoms with Crippen LogP contribution in [0.3, 0.4) is 0 Å². The Bertz CT molecular complexity index is 169. The normalized spacial score (nSPS) is 23.6. The van der Waals surface area contributed by atoms with E-state index in [0.717, 1.165) is 32.3 Å². The molecule has 16 heavy (non-hydrogen) atoms. The number of nitrogens with one attached hydrogen (secondary N) is 1. The zero-order valence-electron chi connectivity index (χ0n) is 11.2. The molecule has 0 radical (unpaired) electrons. The van der Waals surface area contributed by atoms with Gasteiger partial charge < -0.3 is 15.0 Å². The first-order valence-electron chi connectivity index (χ1n) is 6.80. The van der Waals surface area contributed by atoms with Crippen LogP contribution >= 0.6 is 0 Å². The molecule has 1 aliphatic heterocycles. The Labute approximate surface area is 101 Å². The molecule has 0 amide bonds. The van der Waals surface area contributed by atoms with Crippen molar-refractivity contribution in [1.29, 1.82) is 0 Å². The lowest BCUT2D eigenvalue weighted by atomic mass is 10.1. The van der Waals surface area contributed by atoms with E-state index in [1.54, 1.807) is 0 Å². The van der Waals surface area contributed by atoms with Gasteiger partial charge in [-0.15, -0.1) is 0 Å². The highest BCUT2D eigenvalue weighted by atomic mass is 16.5. The molecular formula is C13H28N2O. The summed E-state index contributed by atoms with van der Waals surface area (Å²) in [7, 11) is 2.24. The van der Waals surface area contributed by atoms with Crippen LogP contribution < -0.4 is 5.32 Å². The number of nitrogens with zero attached hydrogens (tertiary/aromatic N) is 1. The van der Waals surface area contributed by atoms with E-state index in [1.165, 1.54) is 25.7 Å². The standard InChI is InChI=1S/C13H28N2O/c1-4-6-7-12(5-2)15(3)11-13-10-14-8-9-16-13/h12-14H,4-11H2,1-3H3. The second-order valence-corrected chi connectivity index (χ2v) is 4.84. The lowest BCUT2D eigenvalue weighted by Gasteiger charge is -2.32. The van der Waals surface area contributed by atoms with Crippen LogP contribution in [0.15, 0.2) is 0 Å². The number of rotatable bonds is 7. The van der Waals surface area contributed by atoms with Gasteiger partial charge in [-0.3, -0.25) is 0 Å². The van der Waals surface area contributed by atoms with Crippen LogP contribution in [0.2, 0.25) is 0 Å². The van der Waals surface area contributed by atoms with Gasteiger partial charge in [-0.25, -0.2) is 0 Å². The van der Waals surface area contributed by atoms with Crippen molar-refractivity contribution in [2.24, 2.45) is 0 Å². The molecule has 96 valence electrons. The van der Waals surface area contributed by atoms with Crippen LogP contribution in [0, 0.1) is 0 Å². The smallest absolute Gasteiger partial charge is 0.0826 e. The molecule has 2 unspecified atom stereocenters. The lowest BCUT2D eigenvalue weighted by molar-refractivity contribution is 0.00167. The third-order valence-electron chi connectivity index (χ3n) is 3.48. The van der Waals surface area contributed by atoms with Gasteiger partial charge in [0, 0.05) is 25.7 Å². The van der Waals surface area contributed by atoms with Gasteiger partial charge in [0.05, 0.1) is 12.7 Å². The molecule has 0 aromatic rings. The highest BCUT2D eigenvalue weighted by Crippen LogP contribution is 2.12. The molecule has 3 heteroatoms. The van der Waals surface area contributed by atoms with Crippen LogP contribution in [-0.4, -0.2) is 50.3 Å². The van der Waals surface area contributed by atoms with E-state index in [1.807, 2.05) is 0 Å². The van der Waals surface area contributed by atoms with Gasteiger partial charge in [-0.2, -0.15) is 0 Å². The van der Waals surface area contributed by atoms with Crippen molar-refractivity contribution in [2.45, 2.75) is 51.7 Å². The molecule has 0 bridgehead atoms. The molecule has 1 rings (SSSR count). The molecule has 0 spiro atoms. The molecule has 1 N–H and O–H groups in total. The molecule has 1 heterocycles. The first-order valence-corrected chi connectivity index (χ1v) is 6.80. The predicted octanol–water partition coefficient (Wildman–Crippen LogP) is 1.88. The minimum Gasteiger partial charge on any atom is -0.374 e. The minimum atomic E-state index is 0.384. The van der Waals surface area contributed by atoms with Gasteiger partial charge >= 0.3 is 0 Å². The fourth-order valence-electron chi connectivity index (χ4n) is 2.38. The van der Waals surface area contributed by atoms with Gasteiger partial charge in [0.1, 0.15) is 0 Å². The Balaban J connectivity index is 2.26. The SMILES string of the molecule is CCCCC(CC)N(C)CC1CNCCO1. The molecule has 3 nitrogen and oxygen atoms in total. The Morgan fingerprint density at radius 3 is 2.81 bits per heavy atom. The molecule has 0 saturated carbocycles. The van der Waals surface area contributed by atoms with Crippen molar-refractivity contribution < 1.29 is 4.74 Å². The van der Waals surface area contributed by atoms with Gasteiger partial charge in [0.2, 0.25) is 0 Å². The van der Waals surface area contributed by atoms with E-state index in [0.29, 0.717) is 6.10 Å². The van der Waals surface area contributed by atoms with Crippen molar-refractivity contribution in [3.63, 3.8) is 0 Å². The average molecular weight is 228 g/mol. The number of unbranched alkanes of at least 4 members (excludes halogenated alkanes) is 1. The summed E-state index contributed by atoms with van der Waals surface area (Å²) in [4.78, 5) is 2.48. The first-order chi connectivity index (χ1) is 7.77. The topological polar surface area (TPSA) is 24.5 Å². The van der Waals surface area contributed by atoms with E-state index in [9.17, 15) is 0 Å². The van der Waals surface area contributed by atoms with E-state index in [2.05, 4.69) is 31.1 Å². The molecule has 0 aromatic heterocycles. The molecule has 1 aliphatic rings. The van der Waals surface area contributed by atoms with Crippen LogP contribution in [0.4, 0.5) is 0 Å². The highest BCUT2D eigenvalue weighted by Gasteiger charge is 2.19. The van der Waals surface area contributed by atoms with Gasteiger partial charge in [0.15, 0.2) is 0 Å². The third kappa shape index (κ3) is 4.81. The van der Waals surface area contributed by atoms with Crippen molar-refractivity contribution in [2.75, 3.05) is 33.3 Å². The van der Waals surface area contributed by atoms with Crippen molar-refractivity contribution in [1.82, 2.24) is 10.2 Å². The summed E-state index contributed by atoms with van der Waals surface area (Å²) in [6, 6.07) is 0.727. The van der Waals surface area contributed by atoms with E-state index < -0.39 is 0 Å². The monoisotopic (exact) mass is 228 g/mol. The van der Waals surface area contributed by atoms with E-state index in [-0.39, 0.29) is 0 Å². The number of hydrogen-bond donors (Lipinski definition) is 1. The van der Waals surface area contributed by atoms with E-state index >= 15 is 0 Å². The average Bonchev–Trinajstić information content (AvgIpc) is 2.31. The molecule has 2 atom stereocenters. The lowest BCUT2D eigenvalue weighted by Crippen LogP contribution is -2.46. The highest BCUT2D eigenvalue weighted by molar-refractivity contribution is 4.74. The quantitative estimate of drug-likeness (QED) is 0.720. The summed E-state index contributed by atoms with van der Waals surface area (Å²) in [6.07, 6.45) is 5.59. The summed E-state index contributed by atoms with van der Waals surface area (Å²) >= 11 is 0. The van der Waals surface area contributed by atoms with Crippen molar-refractivity contribution >= 4 is 0 Å². The maximum absolute atomic E-state index is 5.74. The summed E-state index contributed by atoms with van der Waals surface area (Å²) in [5.74, 6) is 0. The number of likely N-dealkylation sites (N-methyl/N-ethyl adjacent to an activating group) is 1. The predicted molar refractivity (Wildman–Crippen MR) is 68.8 cm³/mol. The zero-order chi connectivity index (χ0) is 11.8. The third-order valence-corrected chi connectivity index (χ3v) is 3.48. The molecule has 1 saturated heterocycles. The van der Waals surface area contributed by atoms with Gasteiger partial charge in [-0.1, -0.05) is 26.7 Å². The molecular weight excluding hydrogens is 200 g/mol. The van der Waals surface area contributed by atoms with Crippen LogP contribution in [0.25, 0.3) is 0 Å². The second kappa shape index (κ2) is 8.04. The summed E-state index contributed by atoms with van der Waals surface area (Å²) in [5.41, 5.74) is 0. The zero-order valence-corrected chi connectivity index (χ0v) is 11.2. The van der Waals surface area contributed by atoms with Crippen LogP contribution in [0.1, 0.15) is 39.5 Å². The van der Waals surface area contributed by atoms with Crippen molar-refractivity contribution in [3.8, 4) is 0 Å². The van der Waals surface area contributed by atoms with Crippen LogP contribution in [-0.2, 0) is 4.74 Å². The number of hydrogen-bond acceptors (Lipinski definition) is 3. The largest absolute Gasteiger partial charge is 0.374 e. The number of morpholine rings is 1. The Morgan fingerprint density at radius 2 is 2.25 bits per heavy atom. The summed E-state index contributed by atoms with van der Waals surface area (Å²) < 4.78 is 5.74. The summed E-state index contributed by atoms with van der Waals surface area (Å²) in [5, 5.41) is 3.39. The molecule has 1 fully saturated rings. The van der Waals surface area contributed by atoms with Crippen molar-refractivity contribution in [3.05, 3.63) is 0 Å². The number of ether oxygens (including phenoxy) is 1. The minimum absolute atomic E-state index is 0.384. The fraction of sp³-hybridized carbons (Fsp3) is 1.00. The molecule has 0 aromatic carbocycles.